The number of thiophene rings is 1. The van der Waals surface area contributed by atoms with E-state index in [4.69, 9.17) is 0 Å². The molecule has 0 aliphatic rings. The Morgan fingerprint density at radius 3 is 2.29 bits per heavy atom. The highest BCUT2D eigenvalue weighted by Crippen LogP contribution is 2.28. The first-order chi connectivity index (χ1) is 6.32. The summed E-state index contributed by atoms with van der Waals surface area (Å²) in [4.78, 5) is 12.6. The molecular weight excluding hydrogens is 192 g/mol. The lowest BCUT2D eigenvalue weighted by Crippen LogP contribution is -2.10. The van der Waals surface area contributed by atoms with Crippen LogP contribution in [0.15, 0.2) is 11.4 Å². The molecule has 0 aliphatic carbocycles. The van der Waals surface area contributed by atoms with Crippen LogP contribution >= 0.6 is 11.3 Å². The van der Waals surface area contributed by atoms with Crippen molar-refractivity contribution >= 4 is 17.1 Å². The molecule has 1 aromatic heterocycles. The average Bonchev–Trinajstić information content (AvgIpc) is 2.49. The molecule has 2 heteroatoms. The van der Waals surface area contributed by atoms with E-state index in [-0.39, 0.29) is 17.1 Å². The van der Waals surface area contributed by atoms with Crippen LogP contribution < -0.4 is 0 Å². The van der Waals surface area contributed by atoms with Gasteiger partial charge in [-0.25, -0.2) is 0 Å². The Labute approximate surface area is 90.2 Å². The standard InChI is InChI=1S/C12H18OS/c1-8(2)11(13)10-6-9(7-14-10)12(3,4)5/h6-8H,1-5H3. The molecule has 0 unspecified atom stereocenters. The summed E-state index contributed by atoms with van der Waals surface area (Å²) in [5.74, 6) is 0.354. The van der Waals surface area contributed by atoms with Crippen LogP contribution in [0, 0.1) is 5.92 Å². The van der Waals surface area contributed by atoms with Crippen LogP contribution in [-0.4, -0.2) is 5.78 Å². The van der Waals surface area contributed by atoms with E-state index in [0.717, 1.165) is 4.88 Å². The van der Waals surface area contributed by atoms with Gasteiger partial charge in [-0.3, -0.25) is 4.79 Å². The second kappa shape index (κ2) is 3.85. The second-order valence-electron chi connectivity index (χ2n) is 4.97. The zero-order valence-electron chi connectivity index (χ0n) is 9.55. The lowest BCUT2D eigenvalue weighted by molar-refractivity contribution is 0.0943. The summed E-state index contributed by atoms with van der Waals surface area (Å²) in [6.45, 7) is 10.4. The Morgan fingerprint density at radius 2 is 1.93 bits per heavy atom. The minimum absolute atomic E-state index is 0.0986. The molecule has 0 saturated heterocycles. The summed E-state index contributed by atoms with van der Waals surface area (Å²) in [7, 11) is 0. The fourth-order valence-electron chi connectivity index (χ4n) is 1.14. The molecule has 0 fully saturated rings. The van der Waals surface area contributed by atoms with Gasteiger partial charge in [-0.15, -0.1) is 11.3 Å². The van der Waals surface area contributed by atoms with E-state index >= 15 is 0 Å². The van der Waals surface area contributed by atoms with Crippen molar-refractivity contribution < 1.29 is 4.79 Å². The van der Waals surface area contributed by atoms with Gasteiger partial charge < -0.3 is 0 Å². The van der Waals surface area contributed by atoms with Crippen LogP contribution in [0.5, 0.6) is 0 Å². The monoisotopic (exact) mass is 210 g/mol. The third-order valence-corrected chi connectivity index (χ3v) is 3.18. The highest BCUT2D eigenvalue weighted by molar-refractivity contribution is 7.12. The van der Waals surface area contributed by atoms with Crippen molar-refractivity contribution in [2.24, 2.45) is 5.92 Å². The minimum Gasteiger partial charge on any atom is -0.293 e. The van der Waals surface area contributed by atoms with Gasteiger partial charge in [-0.05, 0) is 22.4 Å². The lowest BCUT2D eigenvalue weighted by Gasteiger charge is -2.15. The van der Waals surface area contributed by atoms with Crippen molar-refractivity contribution in [1.29, 1.82) is 0 Å². The van der Waals surface area contributed by atoms with Gasteiger partial charge in [0.2, 0.25) is 0 Å². The molecule has 0 bridgehead atoms. The molecule has 1 rings (SSSR count). The summed E-state index contributed by atoms with van der Waals surface area (Å²) in [6.07, 6.45) is 0. The maximum atomic E-state index is 11.7. The van der Waals surface area contributed by atoms with Crippen LogP contribution in [0.1, 0.15) is 49.9 Å². The molecule has 1 nitrogen and oxygen atoms in total. The van der Waals surface area contributed by atoms with E-state index in [0.29, 0.717) is 0 Å². The van der Waals surface area contributed by atoms with Gasteiger partial charge >= 0.3 is 0 Å². The van der Waals surface area contributed by atoms with Gasteiger partial charge in [0.1, 0.15) is 0 Å². The quantitative estimate of drug-likeness (QED) is 0.677. The average molecular weight is 210 g/mol. The SMILES string of the molecule is CC(C)C(=O)c1cc(C(C)(C)C)cs1. The van der Waals surface area contributed by atoms with E-state index in [2.05, 4.69) is 26.2 Å². The molecule has 0 saturated carbocycles. The second-order valence-corrected chi connectivity index (χ2v) is 5.88. The van der Waals surface area contributed by atoms with Crippen molar-refractivity contribution in [3.05, 3.63) is 21.9 Å². The van der Waals surface area contributed by atoms with Crippen LogP contribution in [-0.2, 0) is 5.41 Å². The Balaban J connectivity index is 2.95. The number of rotatable bonds is 2. The van der Waals surface area contributed by atoms with E-state index in [9.17, 15) is 4.79 Å². The zero-order valence-corrected chi connectivity index (χ0v) is 10.4. The summed E-state index contributed by atoms with van der Waals surface area (Å²) in [6, 6.07) is 2.03. The Morgan fingerprint density at radius 1 is 1.36 bits per heavy atom. The number of carbonyl (C=O) groups is 1. The first kappa shape index (κ1) is 11.4. The summed E-state index contributed by atoms with van der Waals surface area (Å²) in [5, 5.41) is 2.09. The first-order valence-electron chi connectivity index (χ1n) is 4.95. The van der Waals surface area contributed by atoms with Crippen molar-refractivity contribution in [2.75, 3.05) is 0 Å². The van der Waals surface area contributed by atoms with Gasteiger partial charge in [0.15, 0.2) is 5.78 Å². The molecule has 0 atom stereocenters. The Bertz CT molecular complexity index is 328. The fourth-order valence-corrected chi connectivity index (χ4v) is 2.37. The zero-order chi connectivity index (χ0) is 10.9. The Hall–Kier alpha value is -0.630. The molecule has 0 aromatic carbocycles. The van der Waals surface area contributed by atoms with Crippen LogP contribution in [0.4, 0.5) is 0 Å². The maximum Gasteiger partial charge on any atom is 0.175 e. The minimum atomic E-state index is 0.0986. The maximum absolute atomic E-state index is 11.7. The molecule has 0 spiro atoms. The highest BCUT2D eigenvalue weighted by atomic mass is 32.1. The van der Waals surface area contributed by atoms with Crippen LogP contribution in [0.25, 0.3) is 0 Å². The van der Waals surface area contributed by atoms with Crippen molar-refractivity contribution in [1.82, 2.24) is 0 Å². The number of Topliss-reactive ketones (excluding diaryl/α,β-unsaturated/α-hetero) is 1. The van der Waals surface area contributed by atoms with E-state index in [1.54, 1.807) is 11.3 Å². The third-order valence-electron chi connectivity index (χ3n) is 2.23. The van der Waals surface area contributed by atoms with Gasteiger partial charge in [-0.1, -0.05) is 34.6 Å². The van der Waals surface area contributed by atoms with Crippen LogP contribution in [0.3, 0.4) is 0 Å². The van der Waals surface area contributed by atoms with Crippen molar-refractivity contribution in [2.45, 2.75) is 40.0 Å². The fraction of sp³-hybridized carbons (Fsp3) is 0.583. The summed E-state index contributed by atoms with van der Waals surface area (Å²) in [5.41, 5.74) is 1.40. The summed E-state index contributed by atoms with van der Waals surface area (Å²) >= 11 is 1.56. The number of hydrogen-bond acceptors (Lipinski definition) is 2. The predicted molar refractivity (Wildman–Crippen MR) is 62.2 cm³/mol. The Kier molecular flexibility index (Phi) is 3.15. The lowest BCUT2D eigenvalue weighted by atomic mass is 9.89. The van der Waals surface area contributed by atoms with E-state index < -0.39 is 0 Å². The molecule has 0 aliphatic heterocycles. The van der Waals surface area contributed by atoms with Crippen molar-refractivity contribution in [3.63, 3.8) is 0 Å². The molecule has 1 heterocycles. The van der Waals surface area contributed by atoms with Gasteiger partial charge in [0.25, 0.3) is 0 Å². The van der Waals surface area contributed by atoms with Gasteiger partial charge in [-0.2, -0.15) is 0 Å². The molecule has 0 amide bonds. The molecular formula is C12H18OS. The first-order valence-corrected chi connectivity index (χ1v) is 5.83. The number of carbonyl (C=O) groups excluding carboxylic acids is 1. The molecule has 0 N–H and O–H groups in total. The third kappa shape index (κ3) is 2.44. The van der Waals surface area contributed by atoms with E-state index in [1.807, 2.05) is 19.9 Å². The smallest absolute Gasteiger partial charge is 0.175 e. The van der Waals surface area contributed by atoms with Gasteiger partial charge in [0.05, 0.1) is 4.88 Å². The predicted octanol–water partition coefficient (Wildman–Crippen LogP) is 3.88. The topological polar surface area (TPSA) is 17.1 Å². The molecule has 78 valence electrons. The van der Waals surface area contributed by atoms with Crippen molar-refractivity contribution in [3.8, 4) is 0 Å². The molecule has 1 aromatic rings. The largest absolute Gasteiger partial charge is 0.293 e. The summed E-state index contributed by atoms with van der Waals surface area (Å²) < 4.78 is 0. The highest BCUT2D eigenvalue weighted by Gasteiger charge is 2.19. The number of ketones is 1. The van der Waals surface area contributed by atoms with Gasteiger partial charge in [0, 0.05) is 5.92 Å². The molecule has 14 heavy (non-hydrogen) atoms. The number of hydrogen-bond donors (Lipinski definition) is 0. The van der Waals surface area contributed by atoms with E-state index in [1.165, 1.54) is 5.56 Å². The molecule has 0 radical (unpaired) electrons. The normalized spacial score (nSPS) is 12.1. The van der Waals surface area contributed by atoms with Crippen LogP contribution in [0.2, 0.25) is 0 Å².